The molecule has 5 nitrogen and oxygen atoms in total. The lowest BCUT2D eigenvalue weighted by Crippen LogP contribution is -2.28. The van der Waals surface area contributed by atoms with Gasteiger partial charge in [0, 0.05) is 19.0 Å². The molecule has 0 bridgehead atoms. The van der Waals surface area contributed by atoms with Crippen molar-refractivity contribution in [2.24, 2.45) is 11.8 Å². The van der Waals surface area contributed by atoms with Crippen molar-refractivity contribution in [3.63, 3.8) is 0 Å². The third-order valence-corrected chi connectivity index (χ3v) is 4.84. The lowest BCUT2D eigenvalue weighted by atomic mass is 10.2. The maximum Gasteiger partial charge on any atom is 0.265 e. The van der Waals surface area contributed by atoms with Gasteiger partial charge in [-0.3, -0.25) is 4.79 Å². The third-order valence-electron chi connectivity index (χ3n) is 3.75. The summed E-state index contributed by atoms with van der Waals surface area (Å²) in [7, 11) is 1.84. The fourth-order valence-corrected chi connectivity index (χ4v) is 3.33. The molecule has 19 heavy (non-hydrogen) atoms. The highest BCUT2D eigenvalue weighted by atomic mass is 32.1. The first kappa shape index (κ1) is 12.3. The van der Waals surface area contributed by atoms with Gasteiger partial charge in [0.2, 0.25) is 0 Å². The zero-order valence-electron chi connectivity index (χ0n) is 11.0. The summed E-state index contributed by atoms with van der Waals surface area (Å²) in [6.07, 6.45) is 2.81. The van der Waals surface area contributed by atoms with Crippen molar-refractivity contribution >= 4 is 33.1 Å². The van der Waals surface area contributed by atoms with Crippen molar-refractivity contribution < 1.29 is 4.79 Å². The summed E-state index contributed by atoms with van der Waals surface area (Å²) in [6.45, 7) is 3.02. The topological polar surface area (TPSA) is 72.1 Å². The number of amides is 1. The molecule has 3 rings (SSSR count). The SMILES string of the molecule is CC1CC1CN(C)C(=O)c1sc2nnccc2c1N. The van der Waals surface area contributed by atoms with Crippen molar-refractivity contribution in [1.29, 1.82) is 0 Å². The predicted molar refractivity (Wildman–Crippen MR) is 76.1 cm³/mol. The molecule has 1 fully saturated rings. The Labute approximate surface area is 115 Å². The minimum Gasteiger partial charge on any atom is -0.397 e. The number of aromatic nitrogens is 2. The second kappa shape index (κ2) is 4.45. The van der Waals surface area contributed by atoms with E-state index in [1.165, 1.54) is 17.8 Å². The van der Waals surface area contributed by atoms with E-state index in [0.29, 0.717) is 16.5 Å². The third kappa shape index (κ3) is 2.16. The molecule has 0 radical (unpaired) electrons. The lowest BCUT2D eigenvalue weighted by Gasteiger charge is -2.16. The van der Waals surface area contributed by atoms with Crippen LogP contribution in [-0.4, -0.2) is 34.6 Å². The van der Waals surface area contributed by atoms with Crippen molar-refractivity contribution in [1.82, 2.24) is 15.1 Å². The predicted octanol–water partition coefficient (Wildman–Crippen LogP) is 2.00. The lowest BCUT2D eigenvalue weighted by molar-refractivity contribution is 0.0793. The molecule has 1 saturated carbocycles. The van der Waals surface area contributed by atoms with E-state index in [9.17, 15) is 4.79 Å². The second-order valence-electron chi connectivity index (χ2n) is 5.25. The van der Waals surface area contributed by atoms with Crippen LogP contribution in [-0.2, 0) is 0 Å². The number of thiophene rings is 1. The van der Waals surface area contributed by atoms with E-state index in [0.717, 1.165) is 22.7 Å². The minimum absolute atomic E-state index is 0.0143. The smallest absolute Gasteiger partial charge is 0.265 e. The van der Waals surface area contributed by atoms with Crippen molar-refractivity contribution in [3.8, 4) is 0 Å². The molecular formula is C13H16N4OS. The van der Waals surface area contributed by atoms with Crippen LogP contribution in [0.2, 0.25) is 0 Å². The molecule has 0 spiro atoms. The van der Waals surface area contributed by atoms with Gasteiger partial charge in [-0.25, -0.2) is 0 Å². The molecule has 1 aliphatic carbocycles. The van der Waals surface area contributed by atoms with E-state index in [1.54, 1.807) is 17.2 Å². The Morgan fingerprint density at radius 1 is 1.63 bits per heavy atom. The standard InChI is InChI=1S/C13H16N4OS/c1-7-5-8(7)6-17(2)13(18)11-10(14)9-3-4-15-16-12(9)19-11/h3-4,7-8H,5-6,14H2,1-2H3. The highest BCUT2D eigenvalue weighted by Gasteiger charge is 2.34. The molecule has 2 heterocycles. The Morgan fingerprint density at radius 2 is 2.37 bits per heavy atom. The maximum absolute atomic E-state index is 12.4. The first-order chi connectivity index (χ1) is 9.08. The fourth-order valence-electron chi connectivity index (χ4n) is 2.29. The zero-order chi connectivity index (χ0) is 13.6. The van der Waals surface area contributed by atoms with Gasteiger partial charge in [-0.05, 0) is 24.3 Å². The van der Waals surface area contributed by atoms with E-state index in [4.69, 9.17) is 5.73 Å². The molecule has 2 unspecified atom stereocenters. The molecule has 2 aromatic rings. The van der Waals surface area contributed by atoms with Crippen LogP contribution in [0.25, 0.3) is 10.2 Å². The quantitative estimate of drug-likeness (QED) is 0.930. The van der Waals surface area contributed by atoms with Crippen molar-refractivity contribution in [2.75, 3.05) is 19.3 Å². The monoisotopic (exact) mass is 276 g/mol. The Morgan fingerprint density at radius 3 is 3.00 bits per heavy atom. The highest BCUT2D eigenvalue weighted by molar-refractivity contribution is 7.21. The number of nitrogens with two attached hydrogens (primary N) is 1. The molecule has 1 aliphatic rings. The number of nitrogens with zero attached hydrogens (tertiary/aromatic N) is 3. The molecule has 2 N–H and O–H groups in total. The van der Waals surface area contributed by atoms with Gasteiger partial charge < -0.3 is 10.6 Å². The molecule has 2 aromatic heterocycles. The second-order valence-corrected chi connectivity index (χ2v) is 6.25. The normalized spacial score (nSPS) is 21.6. The molecule has 1 amide bonds. The van der Waals surface area contributed by atoms with Gasteiger partial charge in [0.15, 0.2) is 0 Å². The van der Waals surface area contributed by atoms with Gasteiger partial charge in [-0.1, -0.05) is 6.92 Å². The Balaban J connectivity index is 1.86. The van der Waals surface area contributed by atoms with Crippen LogP contribution in [0, 0.1) is 11.8 Å². The summed E-state index contributed by atoms with van der Waals surface area (Å²) in [5, 5.41) is 8.64. The first-order valence-corrected chi connectivity index (χ1v) is 7.14. The summed E-state index contributed by atoms with van der Waals surface area (Å²) in [6, 6.07) is 1.80. The number of carbonyl (C=O) groups excluding carboxylic acids is 1. The van der Waals surface area contributed by atoms with Crippen molar-refractivity contribution in [2.45, 2.75) is 13.3 Å². The fraction of sp³-hybridized carbons (Fsp3) is 0.462. The average Bonchev–Trinajstić information content (AvgIpc) is 2.98. The van der Waals surface area contributed by atoms with Crippen LogP contribution < -0.4 is 5.73 Å². The molecule has 0 saturated heterocycles. The number of fused-ring (bicyclic) bond motifs is 1. The van der Waals surface area contributed by atoms with Crippen LogP contribution in [0.4, 0.5) is 5.69 Å². The number of hydrogen-bond donors (Lipinski definition) is 1. The highest BCUT2D eigenvalue weighted by Crippen LogP contribution is 2.39. The van der Waals surface area contributed by atoms with E-state index in [-0.39, 0.29) is 5.91 Å². The maximum atomic E-state index is 12.4. The number of anilines is 1. The van der Waals surface area contributed by atoms with Crippen LogP contribution in [0.1, 0.15) is 23.0 Å². The molecule has 100 valence electrons. The zero-order valence-corrected chi connectivity index (χ0v) is 11.8. The van der Waals surface area contributed by atoms with Crippen molar-refractivity contribution in [3.05, 3.63) is 17.1 Å². The summed E-state index contributed by atoms with van der Waals surface area (Å²) >= 11 is 1.32. The molecule has 0 aliphatic heterocycles. The van der Waals surface area contributed by atoms with E-state index in [2.05, 4.69) is 17.1 Å². The summed E-state index contributed by atoms with van der Waals surface area (Å²) in [5.74, 6) is 1.37. The van der Waals surface area contributed by atoms with Crippen LogP contribution in [0.5, 0.6) is 0 Å². The van der Waals surface area contributed by atoms with E-state index >= 15 is 0 Å². The number of rotatable bonds is 3. The average molecular weight is 276 g/mol. The Kier molecular flexibility index (Phi) is 2.89. The molecular weight excluding hydrogens is 260 g/mol. The molecule has 6 heteroatoms. The molecule has 0 aromatic carbocycles. The number of nitrogen functional groups attached to an aromatic ring is 1. The minimum atomic E-state index is -0.0143. The van der Waals surface area contributed by atoms with E-state index < -0.39 is 0 Å². The van der Waals surface area contributed by atoms with Gasteiger partial charge in [0.25, 0.3) is 5.91 Å². The van der Waals surface area contributed by atoms with Gasteiger partial charge >= 0.3 is 0 Å². The van der Waals surface area contributed by atoms with Crippen LogP contribution in [0.3, 0.4) is 0 Å². The van der Waals surface area contributed by atoms with Gasteiger partial charge in [0.05, 0.1) is 11.9 Å². The van der Waals surface area contributed by atoms with Gasteiger partial charge in [-0.2, -0.15) is 5.10 Å². The van der Waals surface area contributed by atoms with Gasteiger partial charge in [-0.15, -0.1) is 16.4 Å². The number of carbonyl (C=O) groups is 1. The van der Waals surface area contributed by atoms with Crippen LogP contribution in [0.15, 0.2) is 12.3 Å². The van der Waals surface area contributed by atoms with Crippen LogP contribution >= 0.6 is 11.3 Å². The number of hydrogen-bond acceptors (Lipinski definition) is 5. The Bertz CT molecular complexity index is 639. The summed E-state index contributed by atoms with van der Waals surface area (Å²) in [4.78, 5) is 15.5. The first-order valence-electron chi connectivity index (χ1n) is 6.33. The van der Waals surface area contributed by atoms with E-state index in [1.807, 2.05) is 7.05 Å². The van der Waals surface area contributed by atoms with Gasteiger partial charge in [0.1, 0.15) is 9.71 Å². The summed E-state index contributed by atoms with van der Waals surface area (Å²) < 4.78 is 0. The molecule has 2 atom stereocenters. The largest absolute Gasteiger partial charge is 0.397 e. The summed E-state index contributed by atoms with van der Waals surface area (Å²) in [5.41, 5.74) is 6.57. The Hall–Kier alpha value is -1.69.